The third kappa shape index (κ3) is 3.07. The molecule has 1 fully saturated rings. The van der Waals surface area contributed by atoms with Crippen molar-refractivity contribution in [3.05, 3.63) is 35.9 Å². The molecule has 1 aromatic carbocycles. The Kier molecular flexibility index (Phi) is 3.94. The number of aliphatic carboxylic acids is 1. The third-order valence-electron chi connectivity index (χ3n) is 3.03. The van der Waals surface area contributed by atoms with Crippen LogP contribution in [0.2, 0.25) is 0 Å². The fourth-order valence-electron chi connectivity index (χ4n) is 2.02. The molecule has 0 radical (unpaired) electrons. The Morgan fingerprint density at radius 3 is 2.78 bits per heavy atom. The van der Waals surface area contributed by atoms with Crippen LogP contribution in [0.4, 0.5) is 0 Å². The summed E-state index contributed by atoms with van der Waals surface area (Å²) >= 11 is 0. The number of carboxylic acid groups (broad SMARTS) is 1. The van der Waals surface area contributed by atoms with E-state index < -0.39 is 11.9 Å². The summed E-state index contributed by atoms with van der Waals surface area (Å²) in [5.41, 5.74) is 1.01. The highest BCUT2D eigenvalue weighted by Gasteiger charge is 2.27. The summed E-state index contributed by atoms with van der Waals surface area (Å²) in [5.74, 6) is -1.46. The van der Waals surface area contributed by atoms with Gasteiger partial charge in [-0.2, -0.15) is 0 Å². The Bertz CT molecular complexity index is 433. The second-order valence-corrected chi connectivity index (χ2v) is 4.43. The molecule has 0 aliphatic carbocycles. The molecule has 5 heteroatoms. The highest BCUT2D eigenvalue weighted by Crippen LogP contribution is 2.10. The van der Waals surface area contributed by atoms with E-state index in [-0.39, 0.29) is 19.0 Å². The fourth-order valence-corrected chi connectivity index (χ4v) is 2.02. The highest BCUT2D eigenvalue weighted by atomic mass is 16.4. The maximum absolute atomic E-state index is 11.9. The van der Waals surface area contributed by atoms with E-state index in [1.165, 1.54) is 0 Å². The molecule has 0 aromatic heterocycles. The van der Waals surface area contributed by atoms with Crippen molar-refractivity contribution in [3.8, 4) is 0 Å². The molecule has 1 aromatic rings. The van der Waals surface area contributed by atoms with Crippen molar-refractivity contribution in [2.24, 2.45) is 5.92 Å². The molecule has 1 atom stereocenters. The summed E-state index contributed by atoms with van der Waals surface area (Å²) in [6, 6.07) is 9.59. The van der Waals surface area contributed by atoms with Crippen LogP contribution in [0.25, 0.3) is 0 Å². The van der Waals surface area contributed by atoms with Crippen LogP contribution >= 0.6 is 0 Å². The van der Waals surface area contributed by atoms with Crippen LogP contribution in [0, 0.1) is 5.92 Å². The average molecular weight is 248 g/mol. The molecule has 0 saturated carbocycles. The van der Waals surface area contributed by atoms with Crippen molar-refractivity contribution >= 4 is 11.9 Å². The van der Waals surface area contributed by atoms with Gasteiger partial charge in [0.2, 0.25) is 5.91 Å². The normalized spacial score (nSPS) is 20.6. The molecule has 1 saturated heterocycles. The van der Waals surface area contributed by atoms with E-state index in [0.717, 1.165) is 5.56 Å². The van der Waals surface area contributed by atoms with Gasteiger partial charge in [0.1, 0.15) is 0 Å². The van der Waals surface area contributed by atoms with Crippen LogP contribution in [0.1, 0.15) is 5.56 Å². The van der Waals surface area contributed by atoms with Crippen LogP contribution in [0.15, 0.2) is 30.3 Å². The Hall–Kier alpha value is -1.88. The molecular weight excluding hydrogens is 232 g/mol. The van der Waals surface area contributed by atoms with Crippen LogP contribution < -0.4 is 5.32 Å². The Labute approximate surface area is 105 Å². The summed E-state index contributed by atoms with van der Waals surface area (Å²) in [4.78, 5) is 24.5. The zero-order valence-corrected chi connectivity index (χ0v) is 10.0. The van der Waals surface area contributed by atoms with Gasteiger partial charge in [0.05, 0.1) is 12.5 Å². The lowest BCUT2D eigenvalue weighted by Gasteiger charge is -2.22. The van der Waals surface area contributed by atoms with Gasteiger partial charge in [-0.25, -0.2) is 0 Å². The third-order valence-corrected chi connectivity index (χ3v) is 3.03. The number of hydrogen-bond donors (Lipinski definition) is 2. The van der Waals surface area contributed by atoms with E-state index in [9.17, 15) is 9.59 Å². The van der Waals surface area contributed by atoms with Crippen molar-refractivity contribution in [3.63, 3.8) is 0 Å². The van der Waals surface area contributed by atoms with Gasteiger partial charge in [0, 0.05) is 19.6 Å². The highest BCUT2D eigenvalue weighted by molar-refractivity contribution is 5.80. The number of amides is 1. The topological polar surface area (TPSA) is 69.6 Å². The molecule has 1 heterocycles. The maximum atomic E-state index is 11.9. The first-order chi connectivity index (χ1) is 8.66. The van der Waals surface area contributed by atoms with Crippen molar-refractivity contribution < 1.29 is 14.7 Å². The fraction of sp³-hybridized carbons (Fsp3) is 0.385. The lowest BCUT2D eigenvalue weighted by molar-refractivity contribution is -0.142. The largest absolute Gasteiger partial charge is 0.481 e. The number of carbonyl (C=O) groups is 2. The standard InChI is InChI=1S/C13H16N2O3/c16-12-7-14-6-11(13(17)18)9-15(12)8-10-4-2-1-3-5-10/h1-5,11,14H,6-9H2,(H,17,18). The second kappa shape index (κ2) is 5.64. The van der Waals surface area contributed by atoms with Crippen LogP contribution in [-0.2, 0) is 16.1 Å². The van der Waals surface area contributed by atoms with Gasteiger partial charge in [0.25, 0.3) is 0 Å². The van der Waals surface area contributed by atoms with Crippen LogP contribution in [0.3, 0.4) is 0 Å². The Morgan fingerprint density at radius 1 is 1.39 bits per heavy atom. The lowest BCUT2D eigenvalue weighted by atomic mass is 10.1. The molecule has 1 aliphatic heterocycles. The molecule has 1 amide bonds. The zero-order valence-electron chi connectivity index (χ0n) is 10.0. The average Bonchev–Trinajstić information content (AvgIpc) is 2.54. The number of nitrogens with one attached hydrogen (secondary N) is 1. The molecular formula is C13H16N2O3. The van der Waals surface area contributed by atoms with Crippen LogP contribution in [-0.4, -0.2) is 41.5 Å². The minimum atomic E-state index is -0.865. The molecule has 0 bridgehead atoms. The van der Waals surface area contributed by atoms with Crippen molar-refractivity contribution in [2.75, 3.05) is 19.6 Å². The van der Waals surface area contributed by atoms with Gasteiger partial charge >= 0.3 is 5.97 Å². The van der Waals surface area contributed by atoms with E-state index in [0.29, 0.717) is 13.1 Å². The van der Waals surface area contributed by atoms with E-state index >= 15 is 0 Å². The minimum absolute atomic E-state index is 0.0531. The van der Waals surface area contributed by atoms with Crippen molar-refractivity contribution in [2.45, 2.75) is 6.54 Å². The lowest BCUT2D eigenvalue weighted by Crippen LogP contribution is -2.36. The Morgan fingerprint density at radius 2 is 2.11 bits per heavy atom. The molecule has 18 heavy (non-hydrogen) atoms. The first-order valence-electron chi connectivity index (χ1n) is 5.92. The predicted octanol–water partition coefficient (Wildman–Crippen LogP) is 0.319. The molecule has 2 rings (SSSR count). The van der Waals surface area contributed by atoms with Gasteiger partial charge in [0.15, 0.2) is 0 Å². The summed E-state index contributed by atoms with van der Waals surface area (Å²) in [6.07, 6.45) is 0. The monoisotopic (exact) mass is 248 g/mol. The van der Waals surface area contributed by atoms with Crippen molar-refractivity contribution in [1.82, 2.24) is 10.2 Å². The summed E-state index contributed by atoms with van der Waals surface area (Å²) in [7, 11) is 0. The maximum Gasteiger partial charge on any atom is 0.309 e. The number of benzene rings is 1. The molecule has 5 nitrogen and oxygen atoms in total. The SMILES string of the molecule is O=C(O)C1CNCC(=O)N(Cc2ccccc2)C1. The Balaban J connectivity index is 2.08. The molecule has 96 valence electrons. The quantitative estimate of drug-likeness (QED) is 0.808. The van der Waals surface area contributed by atoms with E-state index in [1.54, 1.807) is 4.90 Å². The smallest absolute Gasteiger partial charge is 0.309 e. The molecule has 1 aliphatic rings. The van der Waals surface area contributed by atoms with E-state index in [4.69, 9.17) is 5.11 Å². The van der Waals surface area contributed by atoms with Gasteiger partial charge in [-0.1, -0.05) is 30.3 Å². The van der Waals surface area contributed by atoms with Gasteiger partial charge in [-0.05, 0) is 5.56 Å². The zero-order chi connectivity index (χ0) is 13.0. The van der Waals surface area contributed by atoms with Gasteiger partial charge < -0.3 is 15.3 Å². The minimum Gasteiger partial charge on any atom is -0.481 e. The van der Waals surface area contributed by atoms with Crippen molar-refractivity contribution in [1.29, 1.82) is 0 Å². The molecule has 0 spiro atoms. The number of rotatable bonds is 3. The number of carboxylic acids is 1. The van der Waals surface area contributed by atoms with Gasteiger partial charge in [-0.3, -0.25) is 9.59 Å². The second-order valence-electron chi connectivity index (χ2n) is 4.43. The first-order valence-corrected chi connectivity index (χ1v) is 5.92. The van der Waals surface area contributed by atoms with Gasteiger partial charge in [-0.15, -0.1) is 0 Å². The summed E-state index contributed by atoms with van der Waals surface area (Å²) in [6.45, 7) is 1.27. The first kappa shape index (κ1) is 12.6. The number of hydrogen-bond acceptors (Lipinski definition) is 3. The summed E-state index contributed by atoms with van der Waals surface area (Å²) < 4.78 is 0. The predicted molar refractivity (Wildman–Crippen MR) is 65.9 cm³/mol. The van der Waals surface area contributed by atoms with Crippen LogP contribution in [0.5, 0.6) is 0 Å². The molecule has 2 N–H and O–H groups in total. The molecule has 1 unspecified atom stereocenters. The van der Waals surface area contributed by atoms with E-state index in [2.05, 4.69) is 5.32 Å². The number of carbonyl (C=O) groups excluding carboxylic acids is 1. The number of nitrogens with zero attached hydrogens (tertiary/aromatic N) is 1. The summed E-state index contributed by atoms with van der Waals surface area (Å²) in [5, 5.41) is 11.9. The van der Waals surface area contributed by atoms with E-state index in [1.807, 2.05) is 30.3 Å².